The molecule has 1 aliphatic carbocycles. The third kappa shape index (κ3) is 8.21. The van der Waals surface area contributed by atoms with Crippen LogP contribution in [0.15, 0.2) is 23.2 Å². The standard InChI is InChI=1S/C22H36N4O3/c1-4-23-22(26-16-18-10-11-19(28-2)15-20(18)29-3)25-13-12-24-21(27)14-17-8-6-5-7-9-17/h10-11,15,17H,4-9,12-14,16H2,1-3H3,(H,24,27)(H2,23,25,26). The molecule has 1 saturated carbocycles. The van der Waals surface area contributed by atoms with Gasteiger partial charge in [-0.1, -0.05) is 19.3 Å². The normalized spacial score (nSPS) is 14.9. The molecule has 0 bridgehead atoms. The Balaban J connectivity index is 1.78. The van der Waals surface area contributed by atoms with E-state index in [2.05, 4.69) is 20.9 Å². The number of carbonyl (C=O) groups excluding carboxylic acids is 1. The fourth-order valence-corrected chi connectivity index (χ4v) is 3.60. The zero-order chi connectivity index (χ0) is 20.9. The van der Waals surface area contributed by atoms with Crippen molar-refractivity contribution in [3.05, 3.63) is 23.8 Å². The van der Waals surface area contributed by atoms with Crippen LogP contribution >= 0.6 is 0 Å². The highest BCUT2D eigenvalue weighted by Crippen LogP contribution is 2.26. The summed E-state index contributed by atoms with van der Waals surface area (Å²) < 4.78 is 10.7. The first kappa shape index (κ1) is 22.8. The second-order valence-electron chi connectivity index (χ2n) is 7.36. The number of hydrogen-bond acceptors (Lipinski definition) is 4. The van der Waals surface area contributed by atoms with Gasteiger partial charge in [0.15, 0.2) is 5.96 Å². The number of aliphatic imine (C=N–C) groups is 1. The van der Waals surface area contributed by atoms with Crippen LogP contribution in [-0.4, -0.2) is 45.7 Å². The molecular weight excluding hydrogens is 368 g/mol. The minimum atomic E-state index is 0.156. The fraction of sp³-hybridized carbons (Fsp3) is 0.636. The van der Waals surface area contributed by atoms with E-state index in [0.29, 0.717) is 37.9 Å². The second kappa shape index (κ2) is 12.9. The van der Waals surface area contributed by atoms with Crippen LogP contribution in [0.5, 0.6) is 11.5 Å². The molecule has 0 aliphatic heterocycles. The quantitative estimate of drug-likeness (QED) is 0.317. The summed E-state index contributed by atoms with van der Waals surface area (Å²) >= 11 is 0. The van der Waals surface area contributed by atoms with E-state index >= 15 is 0 Å². The van der Waals surface area contributed by atoms with Crippen molar-refractivity contribution in [3.8, 4) is 11.5 Å². The lowest BCUT2D eigenvalue weighted by Crippen LogP contribution is -2.41. The van der Waals surface area contributed by atoms with E-state index < -0.39 is 0 Å². The smallest absolute Gasteiger partial charge is 0.220 e. The predicted octanol–water partition coefficient (Wildman–Crippen LogP) is 2.85. The molecule has 7 nitrogen and oxygen atoms in total. The number of hydrogen-bond donors (Lipinski definition) is 3. The van der Waals surface area contributed by atoms with Crippen LogP contribution in [0.25, 0.3) is 0 Å². The summed E-state index contributed by atoms with van der Waals surface area (Å²) in [7, 11) is 3.27. The predicted molar refractivity (Wildman–Crippen MR) is 117 cm³/mol. The number of amides is 1. The average Bonchev–Trinajstić information content (AvgIpc) is 2.75. The lowest BCUT2D eigenvalue weighted by atomic mass is 9.87. The number of nitrogens with zero attached hydrogens (tertiary/aromatic N) is 1. The van der Waals surface area contributed by atoms with Gasteiger partial charge < -0.3 is 25.4 Å². The molecule has 1 aromatic carbocycles. The van der Waals surface area contributed by atoms with Gasteiger partial charge in [-0.3, -0.25) is 4.79 Å². The molecule has 1 aromatic rings. The number of rotatable bonds is 10. The zero-order valence-electron chi connectivity index (χ0n) is 18.1. The number of carbonyl (C=O) groups is 1. The van der Waals surface area contributed by atoms with Crippen LogP contribution < -0.4 is 25.4 Å². The summed E-state index contributed by atoms with van der Waals surface area (Å²) in [4.78, 5) is 16.7. The zero-order valence-corrected chi connectivity index (χ0v) is 18.1. The minimum Gasteiger partial charge on any atom is -0.497 e. The molecule has 3 N–H and O–H groups in total. The highest BCUT2D eigenvalue weighted by molar-refractivity contribution is 5.80. The van der Waals surface area contributed by atoms with Gasteiger partial charge in [0.2, 0.25) is 5.91 Å². The largest absolute Gasteiger partial charge is 0.497 e. The third-order valence-corrected chi connectivity index (χ3v) is 5.18. The molecule has 0 aromatic heterocycles. The van der Waals surface area contributed by atoms with Gasteiger partial charge in [-0.15, -0.1) is 0 Å². The minimum absolute atomic E-state index is 0.156. The molecule has 29 heavy (non-hydrogen) atoms. The van der Waals surface area contributed by atoms with Crippen molar-refractivity contribution in [3.63, 3.8) is 0 Å². The molecule has 0 atom stereocenters. The van der Waals surface area contributed by atoms with Crippen molar-refractivity contribution in [1.29, 1.82) is 0 Å². The Morgan fingerprint density at radius 3 is 2.52 bits per heavy atom. The molecule has 2 rings (SSSR count). The van der Waals surface area contributed by atoms with Gasteiger partial charge in [-0.25, -0.2) is 4.99 Å². The van der Waals surface area contributed by atoms with Gasteiger partial charge in [0.25, 0.3) is 0 Å². The number of benzene rings is 1. The molecule has 7 heteroatoms. The summed E-state index contributed by atoms with van der Waals surface area (Å²) in [5.74, 6) is 2.94. The molecule has 0 saturated heterocycles. The first-order valence-corrected chi connectivity index (χ1v) is 10.7. The molecular formula is C22H36N4O3. The van der Waals surface area contributed by atoms with Crippen LogP contribution in [0.1, 0.15) is 51.0 Å². The van der Waals surface area contributed by atoms with E-state index in [1.165, 1.54) is 32.1 Å². The van der Waals surface area contributed by atoms with Gasteiger partial charge in [0.1, 0.15) is 11.5 Å². The molecule has 0 heterocycles. The Bertz CT molecular complexity index is 657. The summed E-state index contributed by atoms with van der Waals surface area (Å²) in [5.41, 5.74) is 0.978. The van der Waals surface area contributed by atoms with E-state index in [9.17, 15) is 4.79 Å². The molecule has 0 unspecified atom stereocenters. The maximum absolute atomic E-state index is 12.1. The van der Waals surface area contributed by atoms with Gasteiger partial charge in [0.05, 0.1) is 20.8 Å². The van der Waals surface area contributed by atoms with Crippen molar-refractivity contribution >= 4 is 11.9 Å². The first-order valence-electron chi connectivity index (χ1n) is 10.7. The van der Waals surface area contributed by atoms with Crippen LogP contribution in [0.4, 0.5) is 0 Å². The van der Waals surface area contributed by atoms with Gasteiger partial charge in [0, 0.05) is 37.7 Å². The van der Waals surface area contributed by atoms with Gasteiger partial charge in [-0.2, -0.15) is 0 Å². The van der Waals surface area contributed by atoms with E-state index in [0.717, 1.165) is 23.6 Å². The highest BCUT2D eigenvalue weighted by atomic mass is 16.5. The van der Waals surface area contributed by atoms with Crippen LogP contribution in [0.3, 0.4) is 0 Å². The molecule has 0 spiro atoms. The van der Waals surface area contributed by atoms with E-state index in [-0.39, 0.29) is 5.91 Å². The number of ether oxygens (including phenoxy) is 2. The monoisotopic (exact) mass is 404 g/mol. The Labute approximate surface area is 174 Å². The molecule has 1 fully saturated rings. The average molecular weight is 405 g/mol. The van der Waals surface area contributed by atoms with Crippen LogP contribution in [0, 0.1) is 5.92 Å². The number of guanidine groups is 1. The molecule has 1 aliphatic rings. The summed E-state index contributed by atoms with van der Waals surface area (Å²) in [6.45, 7) is 4.48. The molecule has 1 amide bonds. The maximum Gasteiger partial charge on any atom is 0.220 e. The van der Waals surface area contributed by atoms with Crippen LogP contribution in [-0.2, 0) is 11.3 Å². The van der Waals surface area contributed by atoms with E-state index in [1.54, 1.807) is 14.2 Å². The number of nitrogens with one attached hydrogen (secondary N) is 3. The maximum atomic E-state index is 12.1. The van der Waals surface area contributed by atoms with Crippen molar-refractivity contribution in [2.24, 2.45) is 10.9 Å². The van der Waals surface area contributed by atoms with E-state index in [1.807, 2.05) is 25.1 Å². The van der Waals surface area contributed by atoms with Crippen molar-refractivity contribution in [2.75, 3.05) is 33.9 Å². The third-order valence-electron chi connectivity index (χ3n) is 5.18. The van der Waals surface area contributed by atoms with Gasteiger partial charge in [-0.05, 0) is 37.8 Å². The lowest BCUT2D eigenvalue weighted by Gasteiger charge is -2.20. The van der Waals surface area contributed by atoms with Gasteiger partial charge >= 0.3 is 0 Å². The summed E-state index contributed by atoms with van der Waals surface area (Å²) in [6.07, 6.45) is 6.89. The molecule has 162 valence electrons. The Kier molecular flexibility index (Phi) is 10.2. The van der Waals surface area contributed by atoms with Crippen LogP contribution in [0.2, 0.25) is 0 Å². The Hall–Kier alpha value is -2.44. The summed E-state index contributed by atoms with van der Waals surface area (Å²) in [5, 5.41) is 9.51. The fourth-order valence-electron chi connectivity index (χ4n) is 3.60. The topological polar surface area (TPSA) is 84.0 Å². The Morgan fingerprint density at radius 2 is 1.83 bits per heavy atom. The highest BCUT2D eigenvalue weighted by Gasteiger charge is 2.16. The van der Waals surface area contributed by atoms with Crippen molar-refractivity contribution in [1.82, 2.24) is 16.0 Å². The van der Waals surface area contributed by atoms with Crippen molar-refractivity contribution < 1.29 is 14.3 Å². The van der Waals surface area contributed by atoms with Crippen molar-refractivity contribution in [2.45, 2.75) is 52.0 Å². The number of methoxy groups -OCH3 is 2. The SMILES string of the molecule is CCNC(=NCc1ccc(OC)cc1OC)NCCNC(=O)CC1CCCCC1. The second-order valence-corrected chi connectivity index (χ2v) is 7.36. The summed E-state index contributed by atoms with van der Waals surface area (Å²) in [6, 6.07) is 5.71. The lowest BCUT2D eigenvalue weighted by molar-refractivity contribution is -0.122. The first-order chi connectivity index (χ1) is 14.2. The van der Waals surface area contributed by atoms with E-state index in [4.69, 9.17) is 9.47 Å². The Morgan fingerprint density at radius 1 is 1.07 bits per heavy atom. The molecule has 0 radical (unpaired) electrons.